The van der Waals surface area contributed by atoms with Crippen LogP contribution in [-0.2, 0) is 0 Å². The van der Waals surface area contributed by atoms with Gasteiger partial charge in [0, 0.05) is 22.9 Å². The first-order valence-electron chi connectivity index (χ1n) is 4.47. The van der Waals surface area contributed by atoms with Crippen LogP contribution in [0.1, 0.15) is 25.7 Å². The SMILES string of the molecule is NCCSS[C@H]1CCCC[C@@H]1Cl. The largest absolute Gasteiger partial charge is 0.330 e. The fourth-order valence-electron chi connectivity index (χ4n) is 1.34. The lowest BCUT2D eigenvalue weighted by atomic mass is 10.00. The van der Waals surface area contributed by atoms with Crippen LogP contribution in [0.3, 0.4) is 0 Å². The van der Waals surface area contributed by atoms with Gasteiger partial charge in [-0.25, -0.2) is 0 Å². The van der Waals surface area contributed by atoms with E-state index in [9.17, 15) is 0 Å². The minimum atomic E-state index is 0.397. The van der Waals surface area contributed by atoms with Crippen molar-refractivity contribution in [2.75, 3.05) is 12.3 Å². The summed E-state index contributed by atoms with van der Waals surface area (Å²) in [6, 6.07) is 0. The number of rotatable bonds is 4. The Labute approximate surface area is 87.6 Å². The molecule has 1 saturated carbocycles. The predicted octanol–water partition coefficient (Wildman–Crippen LogP) is 2.88. The van der Waals surface area contributed by atoms with Gasteiger partial charge in [0.05, 0.1) is 0 Å². The molecule has 1 aliphatic rings. The van der Waals surface area contributed by atoms with E-state index in [1.807, 2.05) is 21.6 Å². The Balaban J connectivity index is 2.11. The topological polar surface area (TPSA) is 26.0 Å². The number of nitrogens with two attached hydrogens (primary N) is 1. The highest BCUT2D eigenvalue weighted by Gasteiger charge is 2.23. The van der Waals surface area contributed by atoms with Crippen molar-refractivity contribution in [1.82, 2.24) is 0 Å². The van der Waals surface area contributed by atoms with Gasteiger partial charge >= 0.3 is 0 Å². The van der Waals surface area contributed by atoms with Gasteiger partial charge in [-0.15, -0.1) is 11.6 Å². The van der Waals surface area contributed by atoms with E-state index >= 15 is 0 Å². The zero-order valence-corrected chi connectivity index (χ0v) is 9.56. The molecule has 0 heterocycles. The molecule has 0 aromatic carbocycles. The van der Waals surface area contributed by atoms with E-state index in [0.717, 1.165) is 12.3 Å². The van der Waals surface area contributed by atoms with Crippen LogP contribution in [0.5, 0.6) is 0 Å². The normalized spacial score (nSPS) is 30.5. The molecule has 4 heteroatoms. The first kappa shape index (κ1) is 11.0. The van der Waals surface area contributed by atoms with Crippen molar-refractivity contribution in [3.63, 3.8) is 0 Å². The Hall–Kier alpha value is 0.950. The van der Waals surface area contributed by atoms with Crippen molar-refractivity contribution in [1.29, 1.82) is 0 Å². The summed E-state index contributed by atoms with van der Waals surface area (Å²) in [5.74, 6) is 1.05. The van der Waals surface area contributed by atoms with Crippen LogP contribution in [0.15, 0.2) is 0 Å². The smallest absolute Gasteiger partial charge is 0.0463 e. The second-order valence-electron chi connectivity index (χ2n) is 3.05. The molecular weight excluding hydrogens is 210 g/mol. The van der Waals surface area contributed by atoms with Crippen molar-refractivity contribution < 1.29 is 0 Å². The van der Waals surface area contributed by atoms with Crippen LogP contribution in [-0.4, -0.2) is 22.9 Å². The maximum Gasteiger partial charge on any atom is 0.0463 e. The number of hydrogen-bond acceptors (Lipinski definition) is 3. The third-order valence-electron chi connectivity index (χ3n) is 2.01. The highest BCUT2D eigenvalue weighted by atomic mass is 35.5. The van der Waals surface area contributed by atoms with E-state index in [-0.39, 0.29) is 0 Å². The Morgan fingerprint density at radius 2 is 2.08 bits per heavy atom. The zero-order valence-electron chi connectivity index (χ0n) is 7.17. The van der Waals surface area contributed by atoms with Gasteiger partial charge in [-0.2, -0.15) is 0 Å². The summed E-state index contributed by atoms with van der Waals surface area (Å²) in [6.07, 6.45) is 5.15. The molecule has 0 aromatic rings. The molecule has 0 aliphatic heterocycles. The molecule has 0 amide bonds. The highest BCUT2D eigenvalue weighted by molar-refractivity contribution is 8.77. The zero-order chi connectivity index (χ0) is 8.81. The van der Waals surface area contributed by atoms with E-state index in [1.54, 1.807) is 0 Å². The summed E-state index contributed by atoms with van der Waals surface area (Å²) in [5.41, 5.74) is 5.41. The van der Waals surface area contributed by atoms with Gasteiger partial charge in [0.2, 0.25) is 0 Å². The second kappa shape index (κ2) is 6.41. The van der Waals surface area contributed by atoms with Crippen molar-refractivity contribution in [3.05, 3.63) is 0 Å². The van der Waals surface area contributed by atoms with Gasteiger partial charge in [0.1, 0.15) is 0 Å². The lowest BCUT2D eigenvalue weighted by Crippen LogP contribution is -2.21. The fraction of sp³-hybridized carbons (Fsp3) is 1.00. The lowest BCUT2D eigenvalue weighted by Gasteiger charge is -2.25. The van der Waals surface area contributed by atoms with Gasteiger partial charge < -0.3 is 5.73 Å². The van der Waals surface area contributed by atoms with Crippen LogP contribution in [0.4, 0.5) is 0 Å². The molecule has 0 saturated heterocycles. The summed E-state index contributed by atoms with van der Waals surface area (Å²) in [6.45, 7) is 0.775. The van der Waals surface area contributed by atoms with E-state index in [2.05, 4.69) is 0 Å². The van der Waals surface area contributed by atoms with Crippen LogP contribution in [0.2, 0.25) is 0 Å². The Bertz CT molecular complexity index is 124. The van der Waals surface area contributed by atoms with Crippen LogP contribution >= 0.6 is 33.2 Å². The standard InChI is InChI=1S/C8H16ClNS2/c9-7-3-1-2-4-8(7)12-11-6-5-10/h7-8H,1-6,10H2/t7-,8-/m0/s1. The maximum atomic E-state index is 6.20. The van der Waals surface area contributed by atoms with Crippen LogP contribution in [0, 0.1) is 0 Å². The lowest BCUT2D eigenvalue weighted by molar-refractivity contribution is 0.524. The molecule has 2 atom stereocenters. The quantitative estimate of drug-likeness (QED) is 0.453. The molecule has 12 heavy (non-hydrogen) atoms. The molecule has 0 aromatic heterocycles. The third-order valence-corrected chi connectivity index (χ3v) is 5.69. The van der Waals surface area contributed by atoms with Crippen molar-refractivity contribution in [2.45, 2.75) is 36.3 Å². The van der Waals surface area contributed by atoms with Crippen LogP contribution < -0.4 is 5.73 Å². The molecule has 1 fully saturated rings. The maximum absolute atomic E-state index is 6.20. The molecule has 0 radical (unpaired) electrons. The molecular formula is C8H16ClNS2. The van der Waals surface area contributed by atoms with Crippen molar-refractivity contribution >= 4 is 33.2 Å². The number of halogens is 1. The van der Waals surface area contributed by atoms with Gasteiger partial charge in [-0.1, -0.05) is 34.4 Å². The highest BCUT2D eigenvalue weighted by Crippen LogP contribution is 2.38. The minimum Gasteiger partial charge on any atom is -0.330 e. The van der Waals surface area contributed by atoms with E-state index in [4.69, 9.17) is 17.3 Å². The number of alkyl halides is 1. The molecule has 1 aliphatic carbocycles. The first-order valence-corrected chi connectivity index (χ1v) is 7.29. The average molecular weight is 226 g/mol. The molecule has 1 rings (SSSR count). The van der Waals surface area contributed by atoms with Gasteiger partial charge in [-0.05, 0) is 12.8 Å². The van der Waals surface area contributed by atoms with E-state index in [0.29, 0.717) is 10.6 Å². The molecule has 72 valence electrons. The summed E-state index contributed by atoms with van der Waals surface area (Å²) >= 11 is 6.20. The summed E-state index contributed by atoms with van der Waals surface area (Å²) < 4.78 is 0. The van der Waals surface area contributed by atoms with Gasteiger partial charge in [0.25, 0.3) is 0 Å². The molecule has 1 nitrogen and oxygen atoms in total. The second-order valence-corrected chi connectivity index (χ2v) is 6.33. The summed E-state index contributed by atoms with van der Waals surface area (Å²) in [7, 11) is 3.81. The Morgan fingerprint density at radius 3 is 2.75 bits per heavy atom. The minimum absolute atomic E-state index is 0.397. The van der Waals surface area contributed by atoms with Gasteiger partial charge in [-0.3, -0.25) is 0 Å². The van der Waals surface area contributed by atoms with Gasteiger partial charge in [0.15, 0.2) is 0 Å². The van der Waals surface area contributed by atoms with E-state index in [1.165, 1.54) is 25.7 Å². The molecule has 0 spiro atoms. The summed E-state index contributed by atoms with van der Waals surface area (Å²) in [5, 5.41) is 1.06. The third kappa shape index (κ3) is 3.77. The summed E-state index contributed by atoms with van der Waals surface area (Å²) in [4.78, 5) is 0. The monoisotopic (exact) mass is 225 g/mol. The molecule has 0 bridgehead atoms. The van der Waals surface area contributed by atoms with Crippen molar-refractivity contribution in [3.8, 4) is 0 Å². The average Bonchev–Trinajstić information content (AvgIpc) is 2.09. The first-order chi connectivity index (χ1) is 5.84. The number of hydrogen-bond donors (Lipinski definition) is 1. The molecule has 0 unspecified atom stereocenters. The fourth-order valence-corrected chi connectivity index (χ4v) is 4.64. The van der Waals surface area contributed by atoms with Crippen molar-refractivity contribution in [2.24, 2.45) is 5.73 Å². The predicted molar refractivity (Wildman–Crippen MR) is 61.0 cm³/mol. The Kier molecular flexibility index (Phi) is 5.89. The van der Waals surface area contributed by atoms with E-state index < -0.39 is 0 Å². The Morgan fingerprint density at radius 1 is 1.33 bits per heavy atom. The molecule has 2 N–H and O–H groups in total. The van der Waals surface area contributed by atoms with Crippen LogP contribution in [0.25, 0.3) is 0 Å².